The molecule has 0 fully saturated rings. The quantitative estimate of drug-likeness (QED) is 0.0704. The summed E-state index contributed by atoms with van der Waals surface area (Å²) in [6.07, 6.45) is 0.939. The van der Waals surface area contributed by atoms with Gasteiger partial charge in [-0.25, -0.2) is 38.6 Å². The van der Waals surface area contributed by atoms with Crippen LogP contribution in [0, 0.1) is 0 Å². The maximum atomic E-state index is 14.2. The Kier molecular flexibility index (Phi) is 24.4. The van der Waals surface area contributed by atoms with Gasteiger partial charge in [-0.15, -0.1) is 4.99 Å². The molecule has 1 N–H and O–H groups in total. The first-order chi connectivity index (χ1) is 33.9. The number of rotatable bonds is 16. The van der Waals surface area contributed by atoms with E-state index in [1.54, 1.807) is 121 Å². The van der Waals surface area contributed by atoms with Crippen LogP contribution in [0.4, 0.5) is 28.8 Å². The lowest BCUT2D eigenvalue weighted by Crippen LogP contribution is -2.53. The Hall–Kier alpha value is -5.95. The number of guanidine groups is 1. The van der Waals surface area contributed by atoms with Gasteiger partial charge in [0.25, 0.3) is 0 Å². The summed E-state index contributed by atoms with van der Waals surface area (Å²) in [5, 5.41) is 2.59. The molecule has 2 rings (SSSR count). The topological polar surface area (TPSA) is 226 Å². The number of nitrogens with one attached hydrogen (secondary N) is 1. The van der Waals surface area contributed by atoms with Crippen molar-refractivity contribution < 1.29 is 61.9 Å². The number of aliphatic imine (C=N–C) groups is 3. The van der Waals surface area contributed by atoms with Crippen molar-refractivity contribution in [3.8, 4) is 5.75 Å². The van der Waals surface area contributed by atoms with E-state index in [1.165, 1.54) is 4.90 Å². The van der Waals surface area contributed by atoms with E-state index >= 15 is 0 Å². The molecule has 0 saturated heterocycles. The highest BCUT2D eigenvalue weighted by atomic mass is 16.6. The summed E-state index contributed by atoms with van der Waals surface area (Å²) in [5.41, 5.74) is -4.31. The predicted molar refractivity (Wildman–Crippen MR) is 285 cm³/mol. The SMILES string of the molecule is CC(C)(C)OC(=O)N=C(CCCCCCCCN(C(=O)OC(C)(C)C)C(=NC(=O)OC(C)(C)C)N(CCCCOc1ccc(C2=NCCCN2C(=O)OC(C)(C)C)cc1)C(=O)OC(C)(C)C)NC(=O)OC(C)(C)C. The second-order valence-corrected chi connectivity index (χ2v) is 24.0. The van der Waals surface area contributed by atoms with Crippen LogP contribution < -0.4 is 10.1 Å². The van der Waals surface area contributed by atoms with E-state index in [1.807, 2.05) is 32.9 Å². The Balaban J connectivity index is 2.30. The molecule has 0 atom stereocenters. The van der Waals surface area contributed by atoms with Crippen LogP contribution in [-0.2, 0) is 28.4 Å². The van der Waals surface area contributed by atoms with E-state index in [0.29, 0.717) is 56.8 Å². The summed E-state index contributed by atoms with van der Waals surface area (Å²) in [5.74, 6) is 0.935. The van der Waals surface area contributed by atoms with Crippen LogP contribution in [0.2, 0.25) is 0 Å². The van der Waals surface area contributed by atoms with E-state index in [-0.39, 0.29) is 37.9 Å². The zero-order chi connectivity index (χ0) is 56.3. The number of amides is 6. The lowest BCUT2D eigenvalue weighted by Gasteiger charge is -2.34. The van der Waals surface area contributed by atoms with Crippen molar-refractivity contribution >= 4 is 54.2 Å². The van der Waals surface area contributed by atoms with Gasteiger partial charge in [-0.05, 0) is 181 Å². The van der Waals surface area contributed by atoms with Gasteiger partial charge in [-0.1, -0.05) is 25.7 Å². The number of carbonyl (C=O) groups is 6. The largest absolute Gasteiger partial charge is 0.494 e. The Morgan fingerprint density at radius 2 is 1.00 bits per heavy atom. The fraction of sp³-hybridized carbons (Fsp3) is 0.722. The van der Waals surface area contributed by atoms with E-state index in [2.05, 4.69) is 20.3 Å². The maximum Gasteiger partial charge on any atom is 0.437 e. The molecule has 0 unspecified atom stereocenters. The lowest BCUT2D eigenvalue weighted by molar-refractivity contribution is 0.0266. The van der Waals surface area contributed by atoms with Crippen molar-refractivity contribution in [2.75, 3.05) is 32.8 Å². The van der Waals surface area contributed by atoms with Gasteiger partial charge in [0.05, 0.1) is 6.61 Å². The summed E-state index contributed by atoms with van der Waals surface area (Å²) < 4.78 is 39.7. The van der Waals surface area contributed by atoms with Crippen LogP contribution in [0.25, 0.3) is 0 Å². The second kappa shape index (κ2) is 28.1. The molecule has 1 aliphatic heterocycles. The van der Waals surface area contributed by atoms with Crippen molar-refractivity contribution in [2.45, 2.75) is 222 Å². The molecular weight excluding hydrogens is 955 g/mol. The number of ether oxygens (including phenoxy) is 7. The molecule has 1 heterocycles. The molecule has 74 heavy (non-hydrogen) atoms. The average Bonchev–Trinajstić information content (AvgIpc) is 3.20. The molecular formula is C54H89N7O13. The zero-order valence-corrected chi connectivity index (χ0v) is 47.9. The molecule has 20 heteroatoms. The molecule has 0 aromatic heterocycles. The fourth-order valence-electron chi connectivity index (χ4n) is 6.65. The number of carbonyl (C=O) groups excluding carboxylic acids is 6. The highest BCUT2D eigenvalue weighted by Gasteiger charge is 2.36. The fourth-order valence-corrected chi connectivity index (χ4v) is 6.65. The number of hydrogen-bond donors (Lipinski definition) is 1. The third-order valence-corrected chi connectivity index (χ3v) is 9.43. The molecule has 6 amide bonds. The van der Waals surface area contributed by atoms with Crippen LogP contribution in [-0.4, -0.2) is 135 Å². The predicted octanol–water partition coefficient (Wildman–Crippen LogP) is 12.6. The Bertz CT molecular complexity index is 2110. The van der Waals surface area contributed by atoms with Gasteiger partial charge >= 0.3 is 36.6 Å². The molecule has 0 saturated carbocycles. The number of unbranched alkanes of at least 4 members (excludes halogenated alkanes) is 6. The Morgan fingerprint density at radius 3 is 1.49 bits per heavy atom. The summed E-state index contributed by atoms with van der Waals surface area (Å²) in [6, 6.07) is 7.26. The van der Waals surface area contributed by atoms with Crippen molar-refractivity contribution in [3.05, 3.63) is 29.8 Å². The first-order valence-corrected chi connectivity index (χ1v) is 25.8. The van der Waals surface area contributed by atoms with Gasteiger partial charge < -0.3 is 33.2 Å². The molecule has 418 valence electrons. The number of nitrogens with zero attached hydrogens (tertiary/aromatic N) is 6. The van der Waals surface area contributed by atoms with Gasteiger partial charge in [0.1, 0.15) is 51.0 Å². The molecule has 1 aromatic carbocycles. The molecule has 0 radical (unpaired) electrons. The smallest absolute Gasteiger partial charge is 0.437 e. The third kappa shape index (κ3) is 27.9. The maximum absolute atomic E-state index is 14.2. The lowest BCUT2D eigenvalue weighted by atomic mass is 10.1. The Morgan fingerprint density at radius 1 is 0.554 bits per heavy atom. The van der Waals surface area contributed by atoms with Crippen molar-refractivity contribution in [2.24, 2.45) is 15.0 Å². The third-order valence-electron chi connectivity index (χ3n) is 9.43. The minimum Gasteiger partial charge on any atom is -0.494 e. The zero-order valence-electron chi connectivity index (χ0n) is 47.9. The van der Waals surface area contributed by atoms with Gasteiger partial charge in [-0.3, -0.25) is 15.2 Å². The molecule has 0 aliphatic carbocycles. The summed E-state index contributed by atoms with van der Waals surface area (Å²) in [7, 11) is 0. The normalized spacial score (nSPS) is 14.0. The van der Waals surface area contributed by atoms with Crippen LogP contribution >= 0.6 is 0 Å². The molecule has 20 nitrogen and oxygen atoms in total. The van der Waals surface area contributed by atoms with Crippen molar-refractivity contribution in [1.82, 2.24) is 20.0 Å². The van der Waals surface area contributed by atoms with Crippen LogP contribution in [0.5, 0.6) is 5.75 Å². The van der Waals surface area contributed by atoms with Gasteiger partial charge in [0, 0.05) is 38.2 Å². The first kappa shape index (κ1) is 64.2. The number of amidine groups is 2. The van der Waals surface area contributed by atoms with Gasteiger partial charge in [0.15, 0.2) is 0 Å². The van der Waals surface area contributed by atoms with E-state index < -0.39 is 70.2 Å². The second-order valence-electron chi connectivity index (χ2n) is 24.0. The number of alkyl carbamates (subject to hydrolysis) is 1. The minimum absolute atomic E-state index is 0.0173. The minimum atomic E-state index is -1.02. The summed E-state index contributed by atoms with van der Waals surface area (Å²) in [4.78, 5) is 96.8. The van der Waals surface area contributed by atoms with E-state index in [4.69, 9.17) is 33.2 Å². The molecule has 1 aromatic rings. The Labute approximate surface area is 440 Å². The van der Waals surface area contributed by atoms with Crippen molar-refractivity contribution in [3.63, 3.8) is 0 Å². The van der Waals surface area contributed by atoms with Gasteiger partial charge in [0.2, 0.25) is 5.96 Å². The molecule has 0 spiro atoms. The summed E-state index contributed by atoms with van der Waals surface area (Å²) in [6.45, 7) is 32.4. The monoisotopic (exact) mass is 1040 g/mol. The van der Waals surface area contributed by atoms with Crippen LogP contribution in [0.1, 0.15) is 194 Å². The van der Waals surface area contributed by atoms with Gasteiger partial charge in [-0.2, -0.15) is 4.99 Å². The highest BCUT2D eigenvalue weighted by Crippen LogP contribution is 2.22. The first-order valence-electron chi connectivity index (χ1n) is 25.8. The molecule has 0 bridgehead atoms. The van der Waals surface area contributed by atoms with Crippen LogP contribution in [0.15, 0.2) is 39.2 Å². The summed E-state index contributed by atoms with van der Waals surface area (Å²) >= 11 is 0. The van der Waals surface area contributed by atoms with E-state index in [9.17, 15) is 28.8 Å². The number of benzene rings is 1. The van der Waals surface area contributed by atoms with Crippen molar-refractivity contribution in [1.29, 1.82) is 0 Å². The standard InChI is InChI=1S/C54H89N7O13/c1-49(2,3)69-43(62)56-40(57-44(63)70-50(4,5)6)28-23-21-19-20-22-24-34-60(47(66)73-53(13,14)15)42(58-45(64)71-51(7,8)9)61(48(67)74-54(16,17)18)35-25-26-37-68-39-31-29-38(30-32-39)41-55-33-27-36-59(41)46(65)72-52(10,11)12/h29-32H,19-28,33-37H2,1-18H3,(H,56,57,62,63). The average molecular weight is 1040 g/mol. The highest BCUT2D eigenvalue weighted by molar-refractivity contribution is 6.07. The number of hydrogen-bond acceptors (Lipinski definition) is 14. The van der Waals surface area contributed by atoms with E-state index in [0.717, 1.165) is 36.1 Å². The van der Waals surface area contributed by atoms with Crippen LogP contribution in [0.3, 0.4) is 0 Å². The molecule has 1 aliphatic rings.